The minimum atomic E-state index is -1.50. The Balaban J connectivity index is 1.28. The zero-order chi connectivity index (χ0) is 24.8. The fraction of sp³-hybridized carbons (Fsp3) is 0.600. The van der Waals surface area contributed by atoms with Gasteiger partial charge in [0.05, 0.1) is 0 Å². The maximum absolute atomic E-state index is 14.4. The van der Waals surface area contributed by atoms with Crippen LogP contribution in [0.3, 0.4) is 0 Å². The molecule has 1 nitrogen and oxygen atoms in total. The highest BCUT2D eigenvalue weighted by Gasteiger charge is 2.31. The Labute approximate surface area is 207 Å². The average molecular weight is 491 g/mol. The maximum Gasteiger partial charge on any atom is 0.194 e. The predicted molar refractivity (Wildman–Crippen MR) is 131 cm³/mol. The van der Waals surface area contributed by atoms with Crippen molar-refractivity contribution >= 4 is 0 Å². The van der Waals surface area contributed by atoms with Gasteiger partial charge >= 0.3 is 0 Å². The lowest BCUT2D eigenvalue weighted by Gasteiger charge is -2.38. The van der Waals surface area contributed by atoms with Crippen LogP contribution in [-0.2, 0) is 6.61 Å². The smallest absolute Gasteiger partial charge is 0.194 e. The van der Waals surface area contributed by atoms with Crippen LogP contribution < -0.4 is 4.74 Å². The highest BCUT2D eigenvalue weighted by Crippen LogP contribution is 2.45. The number of benzene rings is 2. The Morgan fingerprint density at radius 2 is 1.37 bits per heavy atom. The molecular weight excluding hydrogens is 452 g/mol. The maximum atomic E-state index is 14.4. The average Bonchev–Trinajstić information content (AvgIpc) is 2.86. The van der Waals surface area contributed by atoms with Crippen molar-refractivity contribution < 1.29 is 22.3 Å². The van der Waals surface area contributed by atoms with E-state index in [-0.39, 0.29) is 18.0 Å². The predicted octanol–water partition coefficient (Wildman–Crippen LogP) is 9.48. The van der Waals surface area contributed by atoms with Gasteiger partial charge in [-0.2, -0.15) is 0 Å². The van der Waals surface area contributed by atoms with Crippen LogP contribution in [0.5, 0.6) is 5.75 Å². The van der Waals surface area contributed by atoms with Gasteiger partial charge in [-0.15, -0.1) is 0 Å². The molecule has 0 spiro atoms. The lowest BCUT2D eigenvalue weighted by atomic mass is 9.68. The van der Waals surface area contributed by atoms with E-state index in [4.69, 9.17) is 4.74 Å². The summed E-state index contributed by atoms with van der Waals surface area (Å²) < 4.78 is 60.0. The first-order valence-corrected chi connectivity index (χ1v) is 13.5. The molecule has 0 N–H and O–H groups in total. The van der Waals surface area contributed by atoms with Crippen LogP contribution in [-0.4, -0.2) is 0 Å². The number of halogens is 4. The van der Waals surface area contributed by atoms with E-state index in [2.05, 4.69) is 6.92 Å². The zero-order valence-electron chi connectivity index (χ0n) is 20.8. The molecule has 192 valence electrons. The van der Waals surface area contributed by atoms with Crippen LogP contribution in [0.2, 0.25) is 0 Å². The van der Waals surface area contributed by atoms with Crippen molar-refractivity contribution in [1.29, 1.82) is 0 Å². The highest BCUT2D eigenvalue weighted by molar-refractivity contribution is 5.32. The van der Waals surface area contributed by atoms with Crippen LogP contribution in [0.25, 0.3) is 0 Å². The summed E-state index contributed by atoms with van der Waals surface area (Å²) in [7, 11) is 0. The molecule has 0 bridgehead atoms. The Kier molecular flexibility index (Phi) is 9.13. The van der Waals surface area contributed by atoms with E-state index in [1.165, 1.54) is 70.3 Å². The van der Waals surface area contributed by atoms with E-state index in [9.17, 15) is 17.6 Å². The number of ether oxygens (including phenoxy) is 1. The molecule has 2 aliphatic carbocycles. The van der Waals surface area contributed by atoms with Crippen molar-refractivity contribution in [3.63, 3.8) is 0 Å². The summed E-state index contributed by atoms with van der Waals surface area (Å²) in [5, 5.41) is 0. The van der Waals surface area contributed by atoms with Crippen molar-refractivity contribution in [3.8, 4) is 5.75 Å². The Bertz CT molecular complexity index is 936. The van der Waals surface area contributed by atoms with Crippen molar-refractivity contribution in [3.05, 3.63) is 64.7 Å². The number of hydrogen-bond acceptors (Lipinski definition) is 1. The fourth-order valence-corrected chi connectivity index (χ4v) is 6.32. The van der Waals surface area contributed by atoms with Gasteiger partial charge in [-0.1, -0.05) is 45.4 Å². The molecule has 0 heterocycles. The molecule has 35 heavy (non-hydrogen) atoms. The minimum absolute atomic E-state index is 0.160. The summed E-state index contributed by atoms with van der Waals surface area (Å²) in [6.45, 7) is 2.11. The van der Waals surface area contributed by atoms with Gasteiger partial charge in [-0.25, -0.2) is 17.6 Å². The van der Waals surface area contributed by atoms with E-state index < -0.39 is 17.5 Å². The van der Waals surface area contributed by atoms with Crippen molar-refractivity contribution in [2.45, 2.75) is 96.5 Å². The second-order valence-electron chi connectivity index (χ2n) is 10.8. The van der Waals surface area contributed by atoms with Gasteiger partial charge in [0.25, 0.3) is 0 Å². The largest absolute Gasteiger partial charge is 0.489 e. The third-order valence-electron chi connectivity index (χ3n) is 8.36. The lowest BCUT2D eigenvalue weighted by molar-refractivity contribution is 0.155. The lowest BCUT2D eigenvalue weighted by Crippen LogP contribution is -2.25. The quantitative estimate of drug-likeness (QED) is 0.193. The van der Waals surface area contributed by atoms with Crippen molar-refractivity contribution in [2.75, 3.05) is 0 Å². The zero-order valence-corrected chi connectivity index (χ0v) is 20.8. The summed E-state index contributed by atoms with van der Waals surface area (Å²) >= 11 is 0. The second kappa shape index (κ2) is 12.3. The molecule has 4 rings (SSSR count). The molecule has 0 radical (unpaired) electrons. The first-order valence-electron chi connectivity index (χ1n) is 13.5. The molecule has 5 heteroatoms. The number of hydrogen-bond donors (Lipinski definition) is 0. The van der Waals surface area contributed by atoms with Crippen LogP contribution in [0.15, 0.2) is 30.3 Å². The topological polar surface area (TPSA) is 9.23 Å². The van der Waals surface area contributed by atoms with Crippen molar-refractivity contribution in [2.24, 2.45) is 17.8 Å². The van der Waals surface area contributed by atoms with Gasteiger partial charge in [0.1, 0.15) is 18.2 Å². The molecule has 0 aromatic heterocycles. The summed E-state index contributed by atoms with van der Waals surface area (Å²) in [4.78, 5) is 0. The van der Waals surface area contributed by atoms with E-state index in [0.29, 0.717) is 11.7 Å². The Morgan fingerprint density at radius 3 is 2.00 bits per heavy atom. The normalized spacial score (nSPS) is 24.9. The monoisotopic (exact) mass is 490 g/mol. The highest BCUT2D eigenvalue weighted by atomic mass is 19.2. The van der Waals surface area contributed by atoms with E-state index in [1.807, 2.05) is 6.07 Å². The standard InChI is InChI=1S/C30H38F4O/c1-2-3-4-5-20-6-8-22(9-7-20)23-10-12-24(13-11-23)25-16-26(31)18-27(17-25)35-19-21-14-28(32)30(34)29(33)15-21/h14-18,20,22-24H,2-13,19H2,1H3. The number of rotatable bonds is 9. The number of unbranched alkanes of at least 4 members (excludes halogenated alkanes) is 2. The summed E-state index contributed by atoms with van der Waals surface area (Å²) in [5.74, 6) is -1.20. The van der Waals surface area contributed by atoms with Crippen molar-refractivity contribution in [1.82, 2.24) is 0 Å². The molecule has 2 aromatic rings. The minimum Gasteiger partial charge on any atom is -0.489 e. The fourth-order valence-electron chi connectivity index (χ4n) is 6.32. The van der Waals surface area contributed by atoms with Gasteiger partial charge < -0.3 is 4.74 Å². The van der Waals surface area contributed by atoms with Crippen LogP contribution >= 0.6 is 0 Å². The molecule has 2 saturated carbocycles. The summed E-state index contributed by atoms with van der Waals surface area (Å²) in [5.41, 5.74) is 1.09. The SMILES string of the molecule is CCCCCC1CCC(C2CCC(c3cc(F)cc(OCc4cc(F)c(F)c(F)c4)c3)CC2)CC1. The third kappa shape index (κ3) is 7.01. The molecule has 0 atom stereocenters. The Hall–Kier alpha value is -2.04. The Morgan fingerprint density at radius 1 is 0.743 bits per heavy atom. The summed E-state index contributed by atoms with van der Waals surface area (Å²) in [6, 6.07) is 6.50. The third-order valence-corrected chi connectivity index (χ3v) is 8.36. The first-order chi connectivity index (χ1) is 16.9. The van der Waals surface area contributed by atoms with E-state index >= 15 is 0 Å². The molecule has 0 amide bonds. The molecule has 0 saturated heterocycles. The van der Waals surface area contributed by atoms with Gasteiger partial charge in [-0.05, 0) is 97.6 Å². The van der Waals surface area contributed by atoms with E-state index in [1.54, 1.807) is 6.07 Å². The molecule has 2 aromatic carbocycles. The van der Waals surface area contributed by atoms with Gasteiger partial charge in [0.15, 0.2) is 17.5 Å². The van der Waals surface area contributed by atoms with Crippen LogP contribution in [0, 0.1) is 41.0 Å². The van der Waals surface area contributed by atoms with E-state index in [0.717, 1.165) is 48.3 Å². The molecule has 2 aliphatic rings. The molecule has 0 aliphatic heterocycles. The summed E-state index contributed by atoms with van der Waals surface area (Å²) in [6.07, 6.45) is 15.5. The second-order valence-corrected chi connectivity index (χ2v) is 10.8. The van der Waals surface area contributed by atoms with Gasteiger partial charge in [-0.3, -0.25) is 0 Å². The van der Waals surface area contributed by atoms with Gasteiger partial charge in [0, 0.05) is 6.07 Å². The molecular formula is C30H38F4O. The van der Waals surface area contributed by atoms with Gasteiger partial charge in [0.2, 0.25) is 0 Å². The van der Waals surface area contributed by atoms with Crippen LogP contribution in [0.1, 0.15) is 101 Å². The first kappa shape index (κ1) is 26.0. The molecule has 0 unspecified atom stereocenters. The van der Waals surface area contributed by atoms with Crippen LogP contribution in [0.4, 0.5) is 17.6 Å². The molecule has 2 fully saturated rings.